The minimum atomic E-state index is -0.312. The number of aryl methyl sites for hydroxylation is 1. The Hall–Kier alpha value is -1.65. The van der Waals surface area contributed by atoms with Crippen molar-refractivity contribution < 1.29 is 9.84 Å². The number of pyridine rings is 1. The van der Waals surface area contributed by atoms with Crippen molar-refractivity contribution in [1.82, 2.24) is 10.3 Å². The number of nitrogens with zero attached hydrogens (tertiary/aromatic N) is 1. The van der Waals surface area contributed by atoms with E-state index in [0.29, 0.717) is 6.61 Å². The highest BCUT2D eigenvalue weighted by molar-refractivity contribution is 5.84. The lowest BCUT2D eigenvalue weighted by atomic mass is 10.0. The van der Waals surface area contributed by atoms with Crippen LogP contribution in [0.15, 0.2) is 30.3 Å². The van der Waals surface area contributed by atoms with Crippen LogP contribution in [0.2, 0.25) is 0 Å². The topological polar surface area (TPSA) is 54.4 Å². The highest BCUT2D eigenvalue weighted by atomic mass is 16.5. The van der Waals surface area contributed by atoms with Gasteiger partial charge in [-0.05, 0) is 33.0 Å². The smallest absolute Gasteiger partial charge is 0.145 e. The van der Waals surface area contributed by atoms with Crippen molar-refractivity contribution in [2.75, 3.05) is 20.3 Å². The zero-order valence-corrected chi connectivity index (χ0v) is 12.3. The van der Waals surface area contributed by atoms with E-state index in [-0.39, 0.29) is 12.1 Å². The lowest BCUT2D eigenvalue weighted by molar-refractivity contribution is 0.151. The van der Waals surface area contributed by atoms with Crippen LogP contribution in [-0.2, 0) is 0 Å². The summed E-state index contributed by atoms with van der Waals surface area (Å²) in [5.41, 5.74) is 1.56. The summed E-state index contributed by atoms with van der Waals surface area (Å²) < 4.78 is 5.86. The van der Waals surface area contributed by atoms with Gasteiger partial charge in [-0.25, -0.2) is 4.98 Å². The molecule has 4 nitrogen and oxygen atoms in total. The molecule has 1 heterocycles. The van der Waals surface area contributed by atoms with E-state index in [2.05, 4.69) is 16.4 Å². The van der Waals surface area contributed by atoms with Gasteiger partial charge in [0, 0.05) is 23.0 Å². The molecule has 20 heavy (non-hydrogen) atoms. The number of hydrogen-bond donors (Lipinski definition) is 2. The normalized spacial score (nSPS) is 14.2. The largest absolute Gasteiger partial charge is 0.491 e. The minimum absolute atomic E-state index is 0.0831. The van der Waals surface area contributed by atoms with Crippen molar-refractivity contribution in [3.63, 3.8) is 0 Å². The van der Waals surface area contributed by atoms with Gasteiger partial charge in [-0.15, -0.1) is 0 Å². The summed E-state index contributed by atoms with van der Waals surface area (Å²) in [5.74, 6) is 0.794. The second-order valence-corrected chi connectivity index (χ2v) is 5.35. The Bertz CT molecular complexity index is 580. The number of aromatic nitrogens is 1. The quantitative estimate of drug-likeness (QED) is 0.848. The monoisotopic (exact) mass is 274 g/mol. The number of benzene rings is 1. The maximum atomic E-state index is 9.36. The predicted octanol–water partition coefficient (Wildman–Crippen LogP) is 2.28. The molecule has 1 aromatic carbocycles. The molecule has 0 aliphatic carbocycles. The van der Waals surface area contributed by atoms with Gasteiger partial charge in [0.1, 0.15) is 11.3 Å². The Kier molecular flexibility index (Phi) is 4.57. The zero-order valence-electron chi connectivity index (χ0n) is 12.3. The number of aliphatic hydroxyl groups is 1. The molecule has 2 rings (SSSR count). The first-order chi connectivity index (χ1) is 9.58. The minimum Gasteiger partial charge on any atom is -0.491 e. The molecule has 0 aliphatic heterocycles. The van der Waals surface area contributed by atoms with Gasteiger partial charge in [0.15, 0.2) is 0 Å². The standard InChI is InChI=1S/C16H22N2O2/c1-12-7-8-13-5-4-6-14(15(13)18-12)20-10-9-16(2,11-19)17-3/h4-8,17,19H,9-11H2,1-3H3. The number of likely N-dealkylation sites (N-methyl/N-ethyl adjacent to an activating group) is 1. The molecular formula is C16H22N2O2. The fourth-order valence-electron chi connectivity index (χ4n) is 2.00. The second kappa shape index (κ2) is 6.20. The highest BCUT2D eigenvalue weighted by Crippen LogP contribution is 2.24. The van der Waals surface area contributed by atoms with Crippen molar-refractivity contribution in [2.24, 2.45) is 0 Å². The van der Waals surface area contributed by atoms with Crippen LogP contribution in [-0.4, -0.2) is 35.9 Å². The summed E-state index contributed by atoms with van der Waals surface area (Å²) >= 11 is 0. The summed E-state index contributed by atoms with van der Waals surface area (Å²) in [6.45, 7) is 4.56. The van der Waals surface area contributed by atoms with Crippen LogP contribution >= 0.6 is 0 Å². The fraction of sp³-hybridized carbons (Fsp3) is 0.438. The summed E-state index contributed by atoms with van der Waals surface area (Å²) in [5, 5.41) is 13.6. The number of hydrogen-bond acceptors (Lipinski definition) is 4. The summed E-state index contributed by atoms with van der Waals surface area (Å²) in [4.78, 5) is 4.54. The number of fused-ring (bicyclic) bond motifs is 1. The Morgan fingerprint density at radius 3 is 2.80 bits per heavy atom. The van der Waals surface area contributed by atoms with Crippen LogP contribution in [0.5, 0.6) is 5.75 Å². The third kappa shape index (κ3) is 3.26. The number of aliphatic hydroxyl groups excluding tert-OH is 1. The molecule has 4 heteroatoms. The average Bonchev–Trinajstić information content (AvgIpc) is 2.47. The molecule has 1 aromatic heterocycles. The zero-order chi connectivity index (χ0) is 14.6. The molecule has 0 saturated heterocycles. The molecule has 108 valence electrons. The Labute approximate surface area is 119 Å². The molecule has 0 saturated carbocycles. The number of para-hydroxylation sites is 1. The van der Waals surface area contributed by atoms with Crippen LogP contribution < -0.4 is 10.1 Å². The molecule has 0 aliphatic rings. The molecule has 0 spiro atoms. The van der Waals surface area contributed by atoms with Crippen LogP contribution in [0.4, 0.5) is 0 Å². The first-order valence-electron chi connectivity index (χ1n) is 6.87. The summed E-state index contributed by atoms with van der Waals surface area (Å²) in [7, 11) is 1.85. The van der Waals surface area contributed by atoms with E-state index in [1.165, 1.54) is 0 Å². The van der Waals surface area contributed by atoms with Gasteiger partial charge in [0.25, 0.3) is 0 Å². The van der Waals surface area contributed by atoms with Gasteiger partial charge in [0.05, 0.1) is 13.2 Å². The Balaban J connectivity index is 2.12. The Morgan fingerprint density at radius 2 is 2.10 bits per heavy atom. The van der Waals surface area contributed by atoms with E-state index >= 15 is 0 Å². The van der Waals surface area contributed by atoms with Crippen molar-refractivity contribution in [3.8, 4) is 5.75 Å². The Morgan fingerprint density at radius 1 is 1.30 bits per heavy atom. The fourth-order valence-corrected chi connectivity index (χ4v) is 2.00. The van der Waals surface area contributed by atoms with Gasteiger partial charge in [-0.1, -0.05) is 18.2 Å². The summed E-state index contributed by atoms with van der Waals surface area (Å²) in [6.07, 6.45) is 0.724. The van der Waals surface area contributed by atoms with E-state index in [0.717, 1.165) is 28.8 Å². The lowest BCUT2D eigenvalue weighted by Gasteiger charge is -2.26. The van der Waals surface area contributed by atoms with Crippen LogP contribution in [0, 0.1) is 6.92 Å². The van der Waals surface area contributed by atoms with Crippen LogP contribution in [0.1, 0.15) is 19.0 Å². The average molecular weight is 274 g/mol. The first kappa shape index (κ1) is 14.8. The maximum Gasteiger partial charge on any atom is 0.145 e. The van der Waals surface area contributed by atoms with E-state index in [4.69, 9.17) is 4.74 Å². The predicted molar refractivity (Wildman–Crippen MR) is 81.1 cm³/mol. The maximum absolute atomic E-state index is 9.36. The number of ether oxygens (including phenoxy) is 1. The molecule has 0 fully saturated rings. The van der Waals surface area contributed by atoms with Crippen molar-refractivity contribution in [2.45, 2.75) is 25.8 Å². The molecular weight excluding hydrogens is 252 g/mol. The van der Waals surface area contributed by atoms with Crippen LogP contribution in [0.3, 0.4) is 0 Å². The first-order valence-corrected chi connectivity index (χ1v) is 6.87. The van der Waals surface area contributed by atoms with Gasteiger partial charge in [-0.3, -0.25) is 0 Å². The lowest BCUT2D eigenvalue weighted by Crippen LogP contribution is -2.44. The number of nitrogens with one attached hydrogen (secondary N) is 1. The van der Waals surface area contributed by atoms with E-state index in [9.17, 15) is 5.11 Å². The molecule has 0 radical (unpaired) electrons. The third-order valence-corrected chi connectivity index (χ3v) is 3.69. The molecule has 2 N–H and O–H groups in total. The number of rotatable bonds is 6. The molecule has 2 aromatic rings. The van der Waals surface area contributed by atoms with E-state index < -0.39 is 0 Å². The molecule has 1 unspecified atom stereocenters. The van der Waals surface area contributed by atoms with Gasteiger partial charge >= 0.3 is 0 Å². The van der Waals surface area contributed by atoms with Gasteiger partial charge in [-0.2, -0.15) is 0 Å². The van der Waals surface area contributed by atoms with Crippen molar-refractivity contribution in [3.05, 3.63) is 36.0 Å². The second-order valence-electron chi connectivity index (χ2n) is 5.35. The van der Waals surface area contributed by atoms with Crippen LogP contribution in [0.25, 0.3) is 10.9 Å². The SMILES string of the molecule is CNC(C)(CO)CCOc1cccc2ccc(C)nc12. The van der Waals surface area contributed by atoms with Crippen molar-refractivity contribution >= 4 is 10.9 Å². The summed E-state index contributed by atoms with van der Waals surface area (Å²) in [6, 6.07) is 9.98. The highest BCUT2D eigenvalue weighted by Gasteiger charge is 2.20. The van der Waals surface area contributed by atoms with E-state index in [1.54, 1.807) is 0 Å². The molecule has 1 atom stereocenters. The van der Waals surface area contributed by atoms with E-state index in [1.807, 2.05) is 45.2 Å². The molecule has 0 bridgehead atoms. The van der Waals surface area contributed by atoms with Crippen molar-refractivity contribution in [1.29, 1.82) is 0 Å². The third-order valence-electron chi connectivity index (χ3n) is 3.69. The van der Waals surface area contributed by atoms with Gasteiger partial charge in [0.2, 0.25) is 0 Å². The molecule has 0 amide bonds. The van der Waals surface area contributed by atoms with Gasteiger partial charge < -0.3 is 15.2 Å².